The summed E-state index contributed by atoms with van der Waals surface area (Å²) in [5.74, 6) is 0. The molecule has 1 heteroatoms. The normalized spacial score (nSPS) is 12.2. The van der Waals surface area contributed by atoms with E-state index >= 15 is 0 Å². The van der Waals surface area contributed by atoms with Crippen LogP contribution >= 0.6 is 0 Å². The molecule has 0 saturated heterocycles. The highest BCUT2D eigenvalue weighted by Crippen LogP contribution is 2.44. The zero-order valence-electron chi connectivity index (χ0n) is 17.6. The summed E-state index contributed by atoms with van der Waals surface area (Å²) >= 11 is 0. The lowest BCUT2D eigenvalue weighted by molar-refractivity contribution is 1.18. The SMILES string of the molecule is c1ccc(-c2ccc(-n3c4ccccc4c4c5c(ccc43)-c3ccccc3C5)cc2)cc1. The second-order valence-electron chi connectivity index (χ2n) is 8.59. The lowest BCUT2D eigenvalue weighted by Crippen LogP contribution is -1.94. The molecule has 5 aromatic carbocycles. The summed E-state index contributed by atoms with van der Waals surface area (Å²) in [5, 5.41) is 2.72. The van der Waals surface area contributed by atoms with Crippen LogP contribution in [-0.2, 0) is 6.42 Å². The van der Waals surface area contributed by atoms with E-state index in [1.807, 2.05) is 0 Å². The quantitative estimate of drug-likeness (QED) is 0.273. The first-order valence-corrected chi connectivity index (χ1v) is 11.2. The van der Waals surface area contributed by atoms with E-state index in [4.69, 9.17) is 0 Å². The third kappa shape index (κ3) is 2.45. The Kier molecular flexibility index (Phi) is 3.68. The van der Waals surface area contributed by atoms with Gasteiger partial charge in [-0.15, -0.1) is 0 Å². The van der Waals surface area contributed by atoms with E-state index in [0.717, 1.165) is 6.42 Å². The number of para-hydroxylation sites is 1. The number of benzene rings is 5. The van der Waals surface area contributed by atoms with Gasteiger partial charge in [0.2, 0.25) is 0 Å². The Morgan fingerprint density at radius 2 is 1.22 bits per heavy atom. The minimum atomic E-state index is 1.00. The fourth-order valence-corrected chi connectivity index (χ4v) is 5.41. The van der Waals surface area contributed by atoms with Gasteiger partial charge in [0.05, 0.1) is 11.0 Å². The van der Waals surface area contributed by atoms with Gasteiger partial charge >= 0.3 is 0 Å². The number of nitrogens with zero attached hydrogens (tertiary/aromatic N) is 1. The predicted octanol–water partition coefficient (Wildman–Crippen LogP) is 8.02. The van der Waals surface area contributed by atoms with Crippen LogP contribution in [0.4, 0.5) is 0 Å². The molecule has 0 saturated carbocycles. The van der Waals surface area contributed by atoms with Crippen LogP contribution in [0.2, 0.25) is 0 Å². The number of fused-ring (bicyclic) bond motifs is 7. The zero-order chi connectivity index (χ0) is 21.1. The highest BCUT2D eigenvalue weighted by atomic mass is 15.0. The van der Waals surface area contributed by atoms with Gasteiger partial charge in [0.15, 0.2) is 0 Å². The summed E-state index contributed by atoms with van der Waals surface area (Å²) in [7, 11) is 0. The Labute approximate surface area is 187 Å². The van der Waals surface area contributed by atoms with Gasteiger partial charge in [0, 0.05) is 16.5 Å². The Balaban J connectivity index is 1.47. The molecule has 1 aliphatic rings. The molecule has 1 nitrogen and oxygen atoms in total. The lowest BCUT2D eigenvalue weighted by atomic mass is 10.0. The molecule has 0 fully saturated rings. The fraction of sp³-hybridized carbons (Fsp3) is 0.0323. The molecule has 32 heavy (non-hydrogen) atoms. The number of hydrogen-bond donors (Lipinski definition) is 0. The van der Waals surface area contributed by atoms with E-state index in [1.165, 1.54) is 60.9 Å². The summed E-state index contributed by atoms with van der Waals surface area (Å²) in [6.07, 6.45) is 1.00. The largest absolute Gasteiger partial charge is 0.309 e. The van der Waals surface area contributed by atoms with Gasteiger partial charge in [-0.2, -0.15) is 0 Å². The number of rotatable bonds is 2. The molecule has 1 aromatic heterocycles. The Morgan fingerprint density at radius 3 is 2.09 bits per heavy atom. The van der Waals surface area contributed by atoms with Gasteiger partial charge in [0.1, 0.15) is 0 Å². The summed E-state index contributed by atoms with van der Waals surface area (Å²) < 4.78 is 2.42. The first kappa shape index (κ1) is 17.6. The van der Waals surface area contributed by atoms with E-state index < -0.39 is 0 Å². The summed E-state index contributed by atoms with van der Waals surface area (Å²) in [6, 6.07) is 41.8. The van der Waals surface area contributed by atoms with Crippen LogP contribution < -0.4 is 0 Å². The maximum Gasteiger partial charge on any atom is 0.0544 e. The summed E-state index contributed by atoms with van der Waals surface area (Å²) in [4.78, 5) is 0. The van der Waals surface area contributed by atoms with Crippen LogP contribution in [0.5, 0.6) is 0 Å². The van der Waals surface area contributed by atoms with Gasteiger partial charge in [0.25, 0.3) is 0 Å². The lowest BCUT2D eigenvalue weighted by Gasteiger charge is -2.10. The van der Waals surface area contributed by atoms with E-state index in [-0.39, 0.29) is 0 Å². The van der Waals surface area contributed by atoms with E-state index in [9.17, 15) is 0 Å². The van der Waals surface area contributed by atoms with Gasteiger partial charge in [-0.1, -0.05) is 91.0 Å². The molecule has 0 atom stereocenters. The van der Waals surface area contributed by atoms with Crippen LogP contribution in [-0.4, -0.2) is 4.57 Å². The Hall–Kier alpha value is -4.10. The predicted molar refractivity (Wildman–Crippen MR) is 134 cm³/mol. The first-order valence-electron chi connectivity index (χ1n) is 11.2. The van der Waals surface area contributed by atoms with E-state index in [1.54, 1.807) is 0 Å². The van der Waals surface area contributed by atoms with Gasteiger partial charge < -0.3 is 4.57 Å². The topological polar surface area (TPSA) is 4.93 Å². The van der Waals surface area contributed by atoms with Crippen molar-refractivity contribution in [2.75, 3.05) is 0 Å². The highest BCUT2D eigenvalue weighted by molar-refractivity contribution is 6.13. The fourth-order valence-electron chi connectivity index (χ4n) is 5.41. The van der Waals surface area contributed by atoms with Crippen LogP contribution in [0.15, 0.2) is 115 Å². The van der Waals surface area contributed by atoms with Crippen molar-refractivity contribution in [3.63, 3.8) is 0 Å². The molecule has 0 bridgehead atoms. The average molecular weight is 408 g/mol. The maximum absolute atomic E-state index is 2.42. The molecule has 0 aliphatic heterocycles. The molecule has 1 heterocycles. The average Bonchev–Trinajstić information content (AvgIpc) is 3.40. The Morgan fingerprint density at radius 1 is 0.500 bits per heavy atom. The van der Waals surface area contributed by atoms with Crippen LogP contribution in [0, 0.1) is 0 Å². The second-order valence-corrected chi connectivity index (χ2v) is 8.59. The second kappa shape index (κ2) is 6.70. The van der Waals surface area contributed by atoms with Gasteiger partial charge in [-0.25, -0.2) is 0 Å². The maximum atomic E-state index is 2.42. The van der Waals surface area contributed by atoms with Crippen molar-refractivity contribution in [3.05, 3.63) is 126 Å². The smallest absolute Gasteiger partial charge is 0.0544 e. The molecule has 0 unspecified atom stereocenters. The van der Waals surface area contributed by atoms with Crippen molar-refractivity contribution in [3.8, 4) is 27.9 Å². The summed E-state index contributed by atoms with van der Waals surface area (Å²) in [6.45, 7) is 0. The minimum absolute atomic E-state index is 1.00. The first-order chi connectivity index (χ1) is 15.9. The molecule has 0 N–H and O–H groups in total. The zero-order valence-corrected chi connectivity index (χ0v) is 17.6. The standard InChI is InChI=1S/C31H21N/c1-2-8-21(9-3-1)22-14-16-24(17-15-22)32-29-13-7-6-12-27(29)31-28-20-23-10-4-5-11-25(23)26(28)18-19-30(31)32/h1-19H,20H2. The monoisotopic (exact) mass is 407 g/mol. The van der Waals surface area contributed by atoms with Crippen LogP contribution in [0.1, 0.15) is 11.1 Å². The van der Waals surface area contributed by atoms with Crippen molar-refractivity contribution in [2.24, 2.45) is 0 Å². The highest BCUT2D eigenvalue weighted by Gasteiger charge is 2.23. The molecule has 0 amide bonds. The Bertz CT molecular complexity index is 1620. The van der Waals surface area contributed by atoms with Crippen molar-refractivity contribution >= 4 is 21.8 Å². The van der Waals surface area contributed by atoms with Crippen molar-refractivity contribution in [2.45, 2.75) is 6.42 Å². The summed E-state index contributed by atoms with van der Waals surface area (Å²) in [5.41, 5.74) is 11.9. The molecule has 150 valence electrons. The molecular formula is C31H21N. The number of hydrogen-bond acceptors (Lipinski definition) is 0. The van der Waals surface area contributed by atoms with Crippen molar-refractivity contribution in [1.82, 2.24) is 4.57 Å². The molecule has 1 aliphatic carbocycles. The van der Waals surface area contributed by atoms with Crippen molar-refractivity contribution in [1.29, 1.82) is 0 Å². The van der Waals surface area contributed by atoms with E-state index in [0.29, 0.717) is 0 Å². The van der Waals surface area contributed by atoms with Gasteiger partial charge in [-0.3, -0.25) is 0 Å². The van der Waals surface area contributed by atoms with Crippen molar-refractivity contribution < 1.29 is 0 Å². The molecule has 7 rings (SSSR count). The number of aromatic nitrogens is 1. The van der Waals surface area contributed by atoms with Crippen LogP contribution in [0.25, 0.3) is 49.7 Å². The van der Waals surface area contributed by atoms with Crippen LogP contribution in [0.3, 0.4) is 0 Å². The van der Waals surface area contributed by atoms with E-state index in [2.05, 4.69) is 120 Å². The third-order valence-corrected chi connectivity index (χ3v) is 6.85. The molecule has 0 radical (unpaired) electrons. The van der Waals surface area contributed by atoms with Gasteiger partial charge in [-0.05, 0) is 64.1 Å². The minimum Gasteiger partial charge on any atom is -0.309 e. The third-order valence-electron chi connectivity index (χ3n) is 6.85. The molecule has 0 spiro atoms. The molecular weight excluding hydrogens is 386 g/mol. The molecule has 6 aromatic rings.